The molecule has 4 rings (SSSR count). The number of anilines is 2. The Kier molecular flexibility index (Phi) is 7.60. The number of thioether (sulfide) groups is 1. The van der Waals surface area contributed by atoms with Crippen LogP contribution in [-0.4, -0.2) is 16.8 Å². The van der Waals surface area contributed by atoms with Gasteiger partial charge in [0.15, 0.2) is 5.13 Å². The van der Waals surface area contributed by atoms with E-state index in [1.165, 1.54) is 29.5 Å². The Morgan fingerprint density at radius 3 is 2.53 bits per heavy atom. The van der Waals surface area contributed by atoms with Crippen LogP contribution in [0.3, 0.4) is 0 Å². The molecule has 1 unspecified atom stereocenters. The monoisotopic (exact) mass is 465 g/mol. The van der Waals surface area contributed by atoms with Crippen molar-refractivity contribution in [3.8, 4) is 0 Å². The van der Waals surface area contributed by atoms with Crippen molar-refractivity contribution in [1.82, 2.24) is 4.98 Å². The van der Waals surface area contributed by atoms with E-state index in [4.69, 9.17) is 0 Å². The lowest BCUT2D eigenvalue weighted by Crippen LogP contribution is -2.24. The summed E-state index contributed by atoms with van der Waals surface area (Å²) in [6.07, 6.45) is 5.40. The van der Waals surface area contributed by atoms with Gasteiger partial charge in [0.25, 0.3) is 0 Å². The van der Waals surface area contributed by atoms with E-state index in [2.05, 4.69) is 15.6 Å². The van der Waals surface area contributed by atoms with Crippen molar-refractivity contribution in [1.29, 1.82) is 0 Å². The van der Waals surface area contributed by atoms with Crippen molar-refractivity contribution in [2.75, 3.05) is 10.6 Å². The number of nitrogens with zero attached hydrogens (tertiary/aromatic N) is 1. The Balaban J connectivity index is 1.49. The maximum atomic E-state index is 13.2. The zero-order chi connectivity index (χ0) is 22.3. The maximum Gasteiger partial charge on any atom is 0.244 e. The van der Waals surface area contributed by atoms with Gasteiger partial charge < -0.3 is 10.6 Å². The van der Waals surface area contributed by atoms with Gasteiger partial charge in [-0.15, -0.1) is 23.1 Å². The molecule has 0 bridgehead atoms. The largest absolute Gasteiger partial charge is 0.326 e. The summed E-state index contributed by atoms with van der Waals surface area (Å²) < 4.78 is 0. The molecule has 0 spiro atoms. The lowest BCUT2D eigenvalue weighted by molar-refractivity contribution is -0.120. The quantitative estimate of drug-likeness (QED) is 0.394. The molecule has 0 radical (unpaired) electrons. The molecule has 1 saturated carbocycles. The number of nitrogens with one attached hydrogen (secondary N) is 2. The predicted molar refractivity (Wildman–Crippen MR) is 132 cm³/mol. The highest BCUT2D eigenvalue weighted by atomic mass is 32.2. The van der Waals surface area contributed by atoms with E-state index in [0.29, 0.717) is 5.13 Å². The Hall–Kier alpha value is -2.64. The Morgan fingerprint density at radius 2 is 1.81 bits per heavy atom. The molecule has 7 heteroatoms. The summed E-state index contributed by atoms with van der Waals surface area (Å²) in [6.45, 7) is 1.91. The molecule has 32 heavy (non-hydrogen) atoms. The molecule has 2 N–H and O–H groups in total. The fourth-order valence-corrected chi connectivity index (χ4v) is 5.65. The maximum absolute atomic E-state index is 13.2. The molecule has 1 aliphatic carbocycles. The lowest BCUT2D eigenvalue weighted by atomic mass is 9.88. The average Bonchev–Trinajstić information content (AvgIpc) is 3.23. The summed E-state index contributed by atoms with van der Waals surface area (Å²) in [5.74, 6) is 0.0835. The van der Waals surface area contributed by atoms with Crippen LogP contribution in [-0.2, 0) is 9.59 Å². The molecule has 1 heterocycles. The molecule has 5 nitrogen and oxygen atoms in total. The van der Waals surface area contributed by atoms with Crippen molar-refractivity contribution in [2.45, 2.75) is 49.2 Å². The number of amides is 2. The third-order valence-corrected chi connectivity index (χ3v) is 7.64. The molecule has 1 aliphatic rings. The average molecular weight is 466 g/mol. The third kappa shape index (κ3) is 5.99. The smallest absolute Gasteiger partial charge is 0.244 e. The molecule has 166 valence electrons. The van der Waals surface area contributed by atoms with Gasteiger partial charge in [0.1, 0.15) is 5.25 Å². The topological polar surface area (TPSA) is 71.1 Å². The third-order valence-electron chi connectivity index (χ3n) is 5.52. The fourth-order valence-electron chi connectivity index (χ4n) is 3.88. The minimum Gasteiger partial charge on any atom is -0.326 e. The first kappa shape index (κ1) is 22.6. The van der Waals surface area contributed by atoms with E-state index in [1.807, 2.05) is 66.9 Å². The number of aryl methyl sites for hydroxylation is 1. The van der Waals surface area contributed by atoms with Gasteiger partial charge in [-0.05, 0) is 43.5 Å². The van der Waals surface area contributed by atoms with E-state index in [-0.39, 0.29) is 17.7 Å². The highest BCUT2D eigenvalue weighted by molar-refractivity contribution is 8.00. The number of carbonyl (C=O) groups is 2. The molecule has 1 fully saturated rings. The Morgan fingerprint density at radius 1 is 1.03 bits per heavy atom. The highest BCUT2D eigenvalue weighted by Crippen LogP contribution is 2.37. The van der Waals surface area contributed by atoms with Crippen LogP contribution in [0.15, 0.2) is 64.9 Å². The van der Waals surface area contributed by atoms with Gasteiger partial charge in [0, 0.05) is 21.9 Å². The second-order valence-corrected chi connectivity index (χ2v) is 10.1. The van der Waals surface area contributed by atoms with E-state index in [9.17, 15) is 9.59 Å². The summed E-state index contributed by atoms with van der Waals surface area (Å²) in [5.41, 5.74) is 2.57. The van der Waals surface area contributed by atoms with E-state index < -0.39 is 5.25 Å². The van der Waals surface area contributed by atoms with Crippen LogP contribution in [0, 0.1) is 12.8 Å². The second-order valence-electron chi connectivity index (χ2n) is 8.04. The highest BCUT2D eigenvalue weighted by Gasteiger charge is 2.24. The minimum atomic E-state index is -0.440. The van der Waals surface area contributed by atoms with Crippen molar-refractivity contribution >= 4 is 45.7 Å². The van der Waals surface area contributed by atoms with Gasteiger partial charge >= 0.3 is 0 Å². The number of hydrogen-bond donors (Lipinski definition) is 2. The number of carbonyl (C=O) groups excluding carboxylic acids is 2. The SMILES string of the molecule is Cc1csc(NC(=O)C(Sc2cccc(NC(=O)C3CCCCC3)c2)c2ccccc2)n1. The standard InChI is InChI=1S/C25H27N3O2S2/c1-17-16-31-25(26-17)28-24(30)22(18-9-4-2-5-10-18)32-21-14-8-13-20(15-21)27-23(29)19-11-6-3-7-12-19/h2,4-5,8-10,13-16,19,22H,3,6-7,11-12H2,1H3,(H,27,29)(H,26,28,30). The van der Waals surface area contributed by atoms with Crippen LogP contribution in [0.4, 0.5) is 10.8 Å². The molecular weight excluding hydrogens is 438 g/mol. The number of hydrogen-bond acceptors (Lipinski definition) is 5. The number of benzene rings is 2. The van der Waals surface area contributed by atoms with Crippen molar-refractivity contribution in [2.24, 2.45) is 5.92 Å². The van der Waals surface area contributed by atoms with Crippen molar-refractivity contribution < 1.29 is 9.59 Å². The fraction of sp³-hybridized carbons (Fsp3) is 0.320. The van der Waals surface area contributed by atoms with Gasteiger partial charge in [0.05, 0.1) is 5.69 Å². The summed E-state index contributed by atoms with van der Waals surface area (Å²) in [7, 11) is 0. The van der Waals surface area contributed by atoms with Crippen LogP contribution < -0.4 is 10.6 Å². The van der Waals surface area contributed by atoms with Gasteiger partial charge in [-0.3, -0.25) is 9.59 Å². The predicted octanol–water partition coefficient (Wildman–Crippen LogP) is 6.44. The molecule has 2 amide bonds. The number of aromatic nitrogens is 1. The van der Waals surface area contributed by atoms with Gasteiger partial charge in [0.2, 0.25) is 11.8 Å². The zero-order valence-electron chi connectivity index (χ0n) is 18.0. The van der Waals surface area contributed by atoms with Crippen LogP contribution in [0.2, 0.25) is 0 Å². The zero-order valence-corrected chi connectivity index (χ0v) is 19.7. The molecule has 2 aromatic carbocycles. The minimum absolute atomic E-state index is 0.100. The molecule has 1 aromatic heterocycles. The van der Waals surface area contributed by atoms with Gasteiger partial charge in [-0.1, -0.05) is 55.7 Å². The van der Waals surface area contributed by atoms with E-state index in [1.54, 1.807) is 0 Å². The molecular formula is C25H27N3O2S2. The van der Waals surface area contributed by atoms with Crippen LogP contribution in [0.25, 0.3) is 0 Å². The Bertz CT molecular complexity index is 1060. The molecule has 1 atom stereocenters. The lowest BCUT2D eigenvalue weighted by Gasteiger charge is -2.21. The van der Waals surface area contributed by atoms with Crippen molar-refractivity contribution in [3.05, 3.63) is 71.2 Å². The summed E-state index contributed by atoms with van der Waals surface area (Å²) in [5, 5.41) is 8.10. The van der Waals surface area contributed by atoms with E-state index >= 15 is 0 Å². The summed E-state index contributed by atoms with van der Waals surface area (Å²) in [4.78, 5) is 31.1. The number of thiazole rings is 1. The molecule has 3 aromatic rings. The van der Waals surface area contributed by atoms with Crippen molar-refractivity contribution in [3.63, 3.8) is 0 Å². The first-order valence-corrected chi connectivity index (χ1v) is 12.7. The second kappa shape index (κ2) is 10.8. The normalized spacial score (nSPS) is 15.2. The molecule has 0 saturated heterocycles. The van der Waals surface area contributed by atoms with Gasteiger partial charge in [-0.2, -0.15) is 0 Å². The van der Waals surface area contributed by atoms with Crippen LogP contribution >= 0.6 is 23.1 Å². The first-order chi connectivity index (χ1) is 15.6. The van der Waals surface area contributed by atoms with Crippen LogP contribution in [0.5, 0.6) is 0 Å². The Labute approximate surface area is 197 Å². The summed E-state index contributed by atoms with van der Waals surface area (Å²) in [6, 6.07) is 17.5. The number of rotatable bonds is 7. The van der Waals surface area contributed by atoms with Gasteiger partial charge in [-0.25, -0.2) is 4.98 Å². The summed E-state index contributed by atoms with van der Waals surface area (Å²) >= 11 is 2.89. The van der Waals surface area contributed by atoms with Crippen LogP contribution in [0.1, 0.15) is 48.6 Å². The first-order valence-electron chi connectivity index (χ1n) is 10.9. The molecule has 0 aliphatic heterocycles. The van der Waals surface area contributed by atoms with E-state index in [0.717, 1.165) is 47.5 Å².